The summed E-state index contributed by atoms with van der Waals surface area (Å²) >= 11 is 1.13. The van der Waals surface area contributed by atoms with Crippen molar-refractivity contribution in [3.8, 4) is 0 Å². The Morgan fingerprint density at radius 2 is 1.74 bits per heavy atom. The molecule has 9 nitrogen and oxygen atoms in total. The Morgan fingerprint density at radius 3 is 2.40 bits per heavy atom. The molecule has 2 aromatic heterocycles. The van der Waals surface area contributed by atoms with Crippen molar-refractivity contribution in [3.63, 3.8) is 0 Å². The summed E-state index contributed by atoms with van der Waals surface area (Å²) in [5.41, 5.74) is 0.531. The Hall–Kier alpha value is -4.33. The van der Waals surface area contributed by atoms with E-state index in [9.17, 15) is 22.8 Å². The number of pyridine rings is 1. The summed E-state index contributed by atoms with van der Waals surface area (Å²) in [6.07, 6.45) is -1.52. The van der Waals surface area contributed by atoms with Gasteiger partial charge in [0.1, 0.15) is 10.7 Å². The number of rotatable bonds is 9. The van der Waals surface area contributed by atoms with E-state index in [1.165, 1.54) is 30.5 Å². The molecule has 13 heteroatoms. The Morgan fingerprint density at radius 1 is 0.976 bits per heavy atom. The first-order chi connectivity index (χ1) is 20.0. The van der Waals surface area contributed by atoms with Crippen LogP contribution < -0.4 is 21.3 Å². The van der Waals surface area contributed by atoms with E-state index in [2.05, 4.69) is 31.2 Å². The number of alkyl halides is 3. The molecule has 5 N–H and O–H groups in total. The molecule has 4 aromatic rings. The van der Waals surface area contributed by atoms with Crippen molar-refractivity contribution in [2.45, 2.75) is 33.5 Å². The van der Waals surface area contributed by atoms with E-state index in [1.807, 2.05) is 6.07 Å². The van der Waals surface area contributed by atoms with E-state index in [0.29, 0.717) is 33.6 Å². The molecule has 4 rings (SSSR count). The SMILES string of the molecule is CCNCc1ccc(NC(=O)c2ccc(C)c(NC(=O)c3cnc(Nc4ccccn4)s3)c2)cc1C(F)(F)F.CCO. The van der Waals surface area contributed by atoms with Crippen molar-refractivity contribution in [2.24, 2.45) is 0 Å². The number of carbonyl (C=O) groups is 2. The number of hydrogen-bond acceptors (Lipinski definition) is 8. The predicted octanol–water partition coefficient (Wildman–Crippen LogP) is 6.22. The van der Waals surface area contributed by atoms with Crippen LogP contribution in [-0.2, 0) is 12.7 Å². The van der Waals surface area contributed by atoms with Crippen LogP contribution in [0.1, 0.15) is 50.6 Å². The molecule has 0 saturated heterocycles. The van der Waals surface area contributed by atoms with E-state index in [1.54, 1.807) is 45.2 Å². The van der Waals surface area contributed by atoms with Crippen molar-refractivity contribution < 1.29 is 27.9 Å². The fourth-order valence-electron chi connectivity index (χ4n) is 3.60. The van der Waals surface area contributed by atoms with Gasteiger partial charge in [0.2, 0.25) is 0 Å². The van der Waals surface area contributed by atoms with Crippen LogP contribution in [-0.4, -0.2) is 40.0 Å². The highest BCUT2D eigenvalue weighted by molar-refractivity contribution is 7.17. The van der Waals surface area contributed by atoms with Crippen LogP contribution >= 0.6 is 11.3 Å². The highest BCUT2D eigenvalue weighted by Crippen LogP contribution is 2.34. The summed E-state index contributed by atoms with van der Waals surface area (Å²) in [6.45, 7) is 6.07. The number of aromatic nitrogens is 2. The van der Waals surface area contributed by atoms with Gasteiger partial charge in [-0.25, -0.2) is 9.97 Å². The number of amides is 2. The molecule has 2 amide bonds. The second-order valence-corrected chi connectivity index (χ2v) is 9.80. The summed E-state index contributed by atoms with van der Waals surface area (Å²) < 4.78 is 40.8. The number of aliphatic hydroxyl groups is 1. The fraction of sp³-hybridized carbons (Fsp3) is 0.241. The Bertz CT molecular complexity index is 1500. The van der Waals surface area contributed by atoms with Crippen LogP contribution in [0.2, 0.25) is 0 Å². The lowest BCUT2D eigenvalue weighted by molar-refractivity contribution is -0.138. The molecule has 0 fully saturated rings. The fourth-order valence-corrected chi connectivity index (χ4v) is 4.32. The number of halogens is 3. The maximum atomic E-state index is 13.6. The molecule has 0 radical (unpaired) electrons. The maximum Gasteiger partial charge on any atom is 0.416 e. The van der Waals surface area contributed by atoms with Gasteiger partial charge in [-0.15, -0.1) is 0 Å². The molecular weight excluding hydrogens is 569 g/mol. The first kappa shape index (κ1) is 32.2. The molecule has 222 valence electrons. The molecule has 2 heterocycles. The van der Waals surface area contributed by atoms with Gasteiger partial charge in [-0.05, 0) is 67.9 Å². The average molecular weight is 601 g/mol. The summed E-state index contributed by atoms with van der Waals surface area (Å²) in [7, 11) is 0. The second-order valence-electron chi connectivity index (χ2n) is 8.77. The smallest absolute Gasteiger partial charge is 0.397 e. The third kappa shape index (κ3) is 9.09. The molecule has 0 unspecified atom stereocenters. The number of anilines is 4. The van der Waals surface area contributed by atoms with Gasteiger partial charge in [-0.1, -0.05) is 36.5 Å². The van der Waals surface area contributed by atoms with Crippen LogP contribution in [0.25, 0.3) is 0 Å². The lowest BCUT2D eigenvalue weighted by Crippen LogP contribution is -2.18. The third-order valence-corrected chi connectivity index (χ3v) is 6.53. The van der Waals surface area contributed by atoms with Gasteiger partial charge in [0.05, 0.1) is 11.8 Å². The number of benzene rings is 2. The van der Waals surface area contributed by atoms with Crippen molar-refractivity contribution in [3.05, 3.63) is 94.1 Å². The number of aliphatic hydroxyl groups excluding tert-OH is 1. The quantitative estimate of drug-likeness (QED) is 0.154. The highest BCUT2D eigenvalue weighted by Gasteiger charge is 2.33. The number of carbonyl (C=O) groups excluding carboxylic acids is 2. The van der Waals surface area contributed by atoms with Crippen LogP contribution in [0.15, 0.2) is 67.0 Å². The number of nitrogens with zero attached hydrogens (tertiary/aromatic N) is 2. The first-order valence-electron chi connectivity index (χ1n) is 12.9. The summed E-state index contributed by atoms with van der Waals surface area (Å²) in [4.78, 5) is 34.4. The van der Waals surface area contributed by atoms with Gasteiger partial charge in [0.15, 0.2) is 5.13 Å². The van der Waals surface area contributed by atoms with Crippen molar-refractivity contribution >= 4 is 45.5 Å². The molecular formula is C29H31F3N6O3S. The van der Waals surface area contributed by atoms with Crippen LogP contribution in [0.4, 0.5) is 35.5 Å². The van der Waals surface area contributed by atoms with Crippen LogP contribution in [0.5, 0.6) is 0 Å². The minimum atomic E-state index is -4.57. The third-order valence-electron chi connectivity index (χ3n) is 5.62. The summed E-state index contributed by atoms with van der Waals surface area (Å²) in [5, 5.41) is 19.2. The number of hydrogen-bond donors (Lipinski definition) is 5. The standard InChI is InChI=1S/C27H25F3N6O2S.C2H6O/c1-3-31-14-18-9-10-19(13-20(18)27(28,29)30)34-24(37)17-8-7-16(2)21(12-17)35-25(38)22-15-33-26(39-22)36-23-6-4-5-11-32-23;1-2-3/h4-13,15,31H,3,14H2,1-2H3,(H,34,37)(H,35,38)(H,32,33,36);3H,2H2,1H3. The molecule has 42 heavy (non-hydrogen) atoms. The van der Waals surface area contributed by atoms with E-state index < -0.39 is 23.6 Å². The largest absolute Gasteiger partial charge is 0.416 e. The first-order valence-corrected chi connectivity index (χ1v) is 13.8. The maximum absolute atomic E-state index is 13.6. The molecule has 0 aliphatic carbocycles. The van der Waals surface area contributed by atoms with E-state index in [4.69, 9.17) is 5.11 Å². The predicted molar refractivity (Wildman–Crippen MR) is 158 cm³/mol. The highest BCUT2D eigenvalue weighted by atomic mass is 32.1. The molecule has 0 aliphatic rings. The molecule has 0 saturated carbocycles. The monoisotopic (exact) mass is 600 g/mol. The lowest BCUT2D eigenvalue weighted by Gasteiger charge is -2.16. The van der Waals surface area contributed by atoms with Gasteiger partial charge in [0.25, 0.3) is 11.8 Å². The average Bonchev–Trinajstić information content (AvgIpc) is 3.42. The molecule has 0 spiro atoms. The zero-order chi connectivity index (χ0) is 30.7. The molecule has 2 aromatic carbocycles. The molecule has 0 atom stereocenters. The normalized spacial score (nSPS) is 10.8. The summed E-state index contributed by atoms with van der Waals surface area (Å²) in [6, 6.07) is 13.7. The van der Waals surface area contributed by atoms with Crippen LogP contribution in [0.3, 0.4) is 0 Å². The molecule has 0 bridgehead atoms. The topological polar surface area (TPSA) is 128 Å². The minimum Gasteiger partial charge on any atom is -0.397 e. The van der Waals surface area contributed by atoms with Crippen molar-refractivity contribution in [1.29, 1.82) is 0 Å². The Balaban J connectivity index is 0.00000155. The summed E-state index contributed by atoms with van der Waals surface area (Å²) in [5.74, 6) is -0.450. The zero-order valence-corrected chi connectivity index (χ0v) is 24.0. The number of thiazole rings is 1. The van der Waals surface area contributed by atoms with E-state index in [0.717, 1.165) is 17.4 Å². The van der Waals surface area contributed by atoms with E-state index in [-0.39, 0.29) is 30.0 Å². The second kappa shape index (κ2) is 15.1. The minimum absolute atomic E-state index is 0.0105. The Labute approximate surface area is 245 Å². The lowest BCUT2D eigenvalue weighted by atomic mass is 10.1. The van der Waals surface area contributed by atoms with E-state index >= 15 is 0 Å². The van der Waals surface area contributed by atoms with Gasteiger partial charge in [-0.2, -0.15) is 13.2 Å². The van der Waals surface area contributed by atoms with Gasteiger partial charge >= 0.3 is 6.18 Å². The van der Waals surface area contributed by atoms with Gasteiger partial charge < -0.3 is 26.4 Å². The van der Waals surface area contributed by atoms with Crippen molar-refractivity contribution in [1.82, 2.24) is 15.3 Å². The molecule has 0 aliphatic heterocycles. The zero-order valence-electron chi connectivity index (χ0n) is 23.2. The van der Waals surface area contributed by atoms with Crippen LogP contribution in [0, 0.1) is 6.92 Å². The van der Waals surface area contributed by atoms with Crippen molar-refractivity contribution in [2.75, 3.05) is 29.1 Å². The number of aryl methyl sites for hydroxylation is 1. The Kier molecular flexibility index (Phi) is 11.5. The van der Waals surface area contributed by atoms with Gasteiger partial charge in [0, 0.05) is 36.3 Å². The number of nitrogens with one attached hydrogen (secondary N) is 4. The van der Waals surface area contributed by atoms with Gasteiger partial charge in [-0.3, -0.25) is 9.59 Å².